The highest BCUT2D eigenvalue weighted by atomic mass is 32.2. The van der Waals surface area contributed by atoms with Crippen molar-refractivity contribution in [3.8, 4) is 11.5 Å². The molecule has 1 aliphatic rings. The van der Waals surface area contributed by atoms with Crippen LogP contribution in [0.2, 0.25) is 0 Å². The topological polar surface area (TPSA) is 99.4 Å². The van der Waals surface area contributed by atoms with Gasteiger partial charge in [-0.2, -0.15) is 0 Å². The summed E-state index contributed by atoms with van der Waals surface area (Å²) in [7, 11) is 0. The second-order valence-electron chi connectivity index (χ2n) is 5.41. The summed E-state index contributed by atoms with van der Waals surface area (Å²) in [5.74, 6) is 1.94. The molecule has 3 N–H and O–H groups in total. The minimum Gasteiger partial charge on any atom is -0.454 e. The fraction of sp³-hybridized carbons (Fsp3) is 0.312. The molecule has 8 heteroatoms. The number of nitrogens with zero attached hydrogens (tertiary/aromatic N) is 2. The first-order valence-corrected chi connectivity index (χ1v) is 8.42. The quantitative estimate of drug-likeness (QED) is 0.631. The molecule has 0 saturated carbocycles. The number of fused-ring (bicyclic) bond motifs is 1. The van der Waals surface area contributed by atoms with Gasteiger partial charge in [0.2, 0.25) is 12.7 Å². The van der Waals surface area contributed by atoms with E-state index < -0.39 is 0 Å². The molecule has 2 heterocycles. The molecule has 0 spiro atoms. The molecule has 0 saturated heterocycles. The van der Waals surface area contributed by atoms with Gasteiger partial charge in [0, 0.05) is 11.8 Å². The van der Waals surface area contributed by atoms with Crippen LogP contribution in [-0.2, 0) is 4.79 Å². The molecule has 7 nitrogen and oxygen atoms in total. The largest absolute Gasteiger partial charge is 0.454 e. The van der Waals surface area contributed by atoms with Crippen LogP contribution in [0, 0.1) is 6.92 Å². The molecule has 24 heavy (non-hydrogen) atoms. The molecule has 1 aromatic carbocycles. The lowest BCUT2D eigenvalue weighted by atomic mass is 10.1. The molecular formula is C16H18N4O3S. The zero-order chi connectivity index (χ0) is 17.1. The number of benzene rings is 1. The van der Waals surface area contributed by atoms with Crippen LogP contribution in [0.3, 0.4) is 0 Å². The summed E-state index contributed by atoms with van der Waals surface area (Å²) >= 11 is 1.26. The number of amides is 1. The number of carbonyl (C=O) groups is 1. The van der Waals surface area contributed by atoms with Crippen molar-refractivity contribution in [2.24, 2.45) is 0 Å². The minimum atomic E-state index is -0.143. The zero-order valence-corrected chi connectivity index (χ0v) is 14.2. The van der Waals surface area contributed by atoms with Crippen LogP contribution in [-0.4, -0.2) is 28.4 Å². The second kappa shape index (κ2) is 6.96. The third-order valence-electron chi connectivity index (χ3n) is 3.46. The smallest absolute Gasteiger partial charge is 0.231 e. The third-order valence-corrected chi connectivity index (χ3v) is 4.31. The number of hydrogen-bond acceptors (Lipinski definition) is 7. The predicted octanol–water partition coefficient (Wildman–Crippen LogP) is 2.07. The van der Waals surface area contributed by atoms with Crippen LogP contribution in [0.1, 0.15) is 24.2 Å². The lowest BCUT2D eigenvalue weighted by Gasteiger charge is -2.14. The van der Waals surface area contributed by atoms with Crippen molar-refractivity contribution in [1.29, 1.82) is 0 Å². The monoisotopic (exact) mass is 346 g/mol. The first-order valence-electron chi connectivity index (χ1n) is 7.44. The van der Waals surface area contributed by atoms with E-state index in [9.17, 15) is 4.79 Å². The number of nitrogen functional groups attached to an aromatic ring is 1. The van der Waals surface area contributed by atoms with Crippen molar-refractivity contribution in [2.45, 2.75) is 25.0 Å². The van der Waals surface area contributed by atoms with E-state index in [2.05, 4.69) is 15.3 Å². The SMILES string of the molecule is Cc1cc(N)nc(SCC(=O)NC(C)c2ccc3c(c2)OCO3)n1. The summed E-state index contributed by atoms with van der Waals surface area (Å²) < 4.78 is 10.6. The van der Waals surface area contributed by atoms with Gasteiger partial charge in [0.1, 0.15) is 5.82 Å². The molecule has 0 radical (unpaired) electrons. The number of nitrogens with one attached hydrogen (secondary N) is 1. The maximum atomic E-state index is 12.1. The molecule has 1 aliphatic heterocycles. The molecule has 0 fully saturated rings. The summed E-state index contributed by atoms with van der Waals surface area (Å²) in [6.07, 6.45) is 0. The van der Waals surface area contributed by atoms with Crippen molar-refractivity contribution >= 4 is 23.5 Å². The maximum Gasteiger partial charge on any atom is 0.231 e. The molecule has 1 unspecified atom stereocenters. The third kappa shape index (κ3) is 3.88. The standard InChI is InChI=1S/C16H18N4O3S/c1-9-5-14(17)20-16(18-9)24-7-15(21)19-10(2)11-3-4-12-13(6-11)23-8-22-12/h3-6,10H,7-8H2,1-2H3,(H,19,21)(H2,17,18,20). The maximum absolute atomic E-state index is 12.1. The highest BCUT2D eigenvalue weighted by Gasteiger charge is 2.17. The van der Waals surface area contributed by atoms with Gasteiger partial charge >= 0.3 is 0 Å². The highest BCUT2D eigenvalue weighted by molar-refractivity contribution is 7.99. The van der Waals surface area contributed by atoms with Gasteiger partial charge in [-0.25, -0.2) is 9.97 Å². The Labute approximate surface area is 144 Å². The Morgan fingerprint density at radius 1 is 1.33 bits per heavy atom. The average molecular weight is 346 g/mol. The van der Waals surface area contributed by atoms with Gasteiger partial charge in [0.15, 0.2) is 16.7 Å². The number of aromatic nitrogens is 2. The lowest BCUT2D eigenvalue weighted by Crippen LogP contribution is -2.28. The number of rotatable bonds is 5. The van der Waals surface area contributed by atoms with Gasteiger partial charge in [0.25, 0.3) is 0 Å². The van der Waals surface area contributed by atoms with Crippen LogP contribution < -0.4 is 20.5 Å². The van der Waals surface area contributed by atoms with Gasteiger partial charge in [0.05, 0.1) is 11.8 Å². The number of carbonyl (C=O) groups excluding carboxylic acids is 1. The van der Waals surface area contributed by atoms with E-state index in [0.717, 1.165) is 17.0 Å². The molecule has 1 amide bonds. The number of nitrogens with two attached hydrogens (primary N) is 1. The molecule has 3 rings (SSSR count). The molecule has 2 aromatic rings. The van der Waals surface area contributed by atoms with E-state index in [1.807, 2.05) is 32.0 Å². The lowest BCUT2D eigenvalue weighted by molar-refractivity contribution is -0.119. The molecule has 0 bridgehead atoms. The number of thioether (sulfide) groups is 1. The summed E-state index contributed by atoms with van der Waals surface area (Å²) in [5.41, 5.74) is 7.41. The van der Waals surface area contributed by atoms with Crippen molar-refractivity contribution < 1.29 is 14.3 Å². The molecule has 126 valence electrons. The predicted molar refractivity (Wildman–Crippen MR) is 91.0 cm³/mol. The Bertz CT molecular complexity index is 749. The van der Waals surface area contributed by atoms with Crippen LogP contribution in [0.5, 0.6) is 11.5 Å². The van der Waals surface area contributed by atoms with Crippen LogP contribution in [0.4, 0.5) is 5.82 Å². The second-order valence-corrected chi connectivity index (χ2v) is 6.35. The molecular weight excluding hydrogens is 328 g/mol. The Morgan fingerprint density at radius 2 is 2.12 bits per heavy atom. The summed E-state index contributed by atoms with van der Waals surface area (Å²) in [4.78, 5) is 20.5. The van der Waals surface area contributed by atoms with Gasteiger partial charge < -0.3 is 20.5 Å². The fourth-order valence-corrected chi connectivity index (χ4v) is 3.03. The summed E-state index contributed by atoms with van der Waals surface area (Å²) in [6.45, 7) is 3.99. The normalized spacial score (nSPS) is 13.6. The number of hydrogen-bond donors (Lipinski definition) is 2. The Hall–Kier alpha value is -2.48. The fourth-order valence-electron chi connectivity index (χ4n) is 2.31. The van der Waals surface area contributed by atoms with E-state index in [4.69, 9.17) is 15.2 Å². The van der Waals surface area contributed by atoms with Crippen LogP contribution in [0.15, 0.2) is 29.4 Å². The van der Waals surface area contributed by atoms with E-state index >= 15 is 0 Å². The first kappa shape index (κ1) is 16.4. The van der Waals surface area contributed by atoms with Crippen LogP contribution >= 0.6 is 11.8 Å². The first-order chi connectivity index (χ1) is 11.5. The minimum absolute atomic E-state index is 0.103. The van der Waals surface area contributed by atoms with Crippen molar-refractivity contribution in [2.75, 3.05) is 18.3 Å². The van der Waals surface area contributed by atoms with E-state index in [1.54, 1.807) is 6.07 Å². The number of ether oxygens (including phenoxy) is 2. The van der Waals surface area contributed by atoms with Crippen molar-refractivity contribution in [1.82, 2.24) is 15.3 Å². The van der Waals surface area contributed by atoms with Gasteiger partial charge in [-0.15, -0.1) is 0 Å². The van der Waals surface area contributed by atoms with Gasteiger partial charge in [-0.1, -0.05) is 17.8 Å². The molecule has 1 aromatic heterocycles. The van der Waals surface area contributed by atoms with Crippen molar-refractivity contribution in [3.05, 3.63) is 35.5 Å². The van der Waals surface area contributed by atoms with Gasteiger partial charge in [-0.05, 0) is 31.5 Å². The molecule has 1 atom stereocenters. The molecule has 0 aliphatic carbocycles. The average Bonchev–Trinajstić information content (AvgIpc) is 2.99. The summed E-state index contributed by atoms with van der Waals surface area (Å²) in [6, 6.07) is 7.18. The Kier molecular flexibility index (Phi) is 4.75. The Morgan fingerprint density at radius 3 is 2.92 bits per heavy atom. The van der Waals surface area contributed by atoms with E-state index in [-0.39, 0.29) is 24.5 Å². The van der Waals surface area contributed by atoms with Gasteiger partial charge in [-0.3, -0.25) is 4.79 Å². The van der Waals surface area contributed by atoms with E-state index in [1.165, 1.54) is 11.8 Å². The Balaban J connectivity index is 1.56. The van der Waals surface area contributed by atoms with Crippen molar-refractivity contribution in [3.63, 3.8) is 0 Å². The van der Waals surface area contributed by atoms with Crippen LogP contribution in [0.25, 0.3) is 0 Å². The highest BCUT2D eigenvalue weighted by Crippen LogP contribution is 2.34. The van der Waals surface area contributed by atoms with E-state index in [0.29, 0.717) is 16.7 Å². The number of anilines is 1. The number of aryl methyl sites for hydroxylation is 1. The summed E-state index contributed by atoms with van der Waals surface area (Å²) in [5, 5.41) is 3.44. The zero-order valence-electron chi connectivity index (χ0n) is 13.4.